The predicted octanol–water partition coefficient (Wildman–Crippen LogP) is 2.86. The third kappa shape index (κ3) is 7.87. The SMILES string of the molecule is COC(=O)Cc1ccc(C)cc1.COC(=O)Cc1ccc(N2CCN(C)CC2)cc1. The summed E-state index contributed by atoms with van der Waals surface area (Å²) in [6, 6.07) is 16.0. The van der Waals surface area contributed by atoms with E-state index in [-0.39, 0.29) is 11.9 Å². The Balaban J connectivity index is 0.000000232. The molecule has 1 fully saturated rings. The first-order chi connectivity index (χ1) is 14.4. The lowest BCUT2D eigenvalue weighted by Gasteiger charge is -2.34. The average Bonchev–Trinajstić information content (AvgIpc) is 2.77. The number of nitrogens with zero attached hydrogens (tertiary/aromatic N) is 2. The van der Waals surface area contributed by atoms with Crippen molar-refractivity contribution in [3.05, 3.63) is 65.2 Å². The van der Waals surface area contributed by atoms with Crippen molar-refractivity contribution in [1.82, 2.24) is 4.90 Å². The summed E-state index contributed by atoms with van der Waals surface area (Å²) < 4.78 is 9.20. The van der Waals surface area contributed by atoms with Crippen LogP contribution in [-0.2, 0) is 31.9 Å². The molecule has 6 heteroatoms. The molecule has 0 amide bonds. The smallest absolute Gasteiger partial charge is 0.309 e. The summed E-state index contributed by atoms with van der Waals surface area (Å²) in [6.45, 7) is 6.34. The molecule has 1 saturated heterocycles. The van der Waals surface area contributed by atoms with E-state index in [0.29, 0.717) is 12.8 Å². The van der Waals surface area contributed by atoms with Crippen molar-refractivity contribution in [3.8, 4) is 0 Å². The molecule has 0 bridgehead atoms. The van der Waals surface area contributed by atoms with Crippen LogP contribution in [0.25, 0.3) is 0 Å². The Morgan fingerprint density at radius 3 is 1.63 bits per heavy atom. The van der Waals surface area contributed by atoms with Crippen molar-refractivity contribution in [2.45, 2.75) is 19.8 Å². The van der Waals surface area contributed by atoms with Gasteiger partial charge < -0.3 is 19.3 Å². The van der Waals surface area contributed by atoms with Gasteiger partial charge in [0.2, 0.25) is 0 Å². The molecule has 162 valence electrons. The molecule has 1 aliphatic heterocycles. The van der Waals surface area contributed by atoms with Crippen LogP contribution >= 0.6 is 0 Å². The number of esters is 2. The van der Waals surface area contributed by atoms with Crippen LogP contribution in [0.15, 0.2) is 48.5 Å². The number of carbonyl (C=O) groups is 2. The number of benzene rings is 2. The molecule has 3 rings (SSSR count). The van der Waals surface area contributed by atoms with Crippen LogP contribution < -0.4 is 4.90 Å². The highest BCUT2D eigenvalue weighted by atomic mass is 16.5. The summed E-state index contributed by atoms with van der Waals surface area (Å²) in [5.74, 6) is -0.388. The van der Waals surface area contributed by atoms with Crippen molar-refractivity contribution in [3.63, 3.8) is 0 Å². The van der Waals surface area contributed by atoms with Gasteiger partial charge in [0.1, 0.15) is 0 Å². The molecule has 0 atom stereocenters. The minimum absolute atomic E-state index is 0.192. The molecule has 0 radical (unpaired) electrons. The van der Waals surface area contributed by atoms with Crippen molar-refractivity contribution in [1.29, 1.82) is 0 Å². The molecule has 1 heterocycles. The minimum atomic E-state index is -0.196. The van der Waals surface area contributed by atoms with Gasteiger partial charge in [-0.25, -0.2) is 0 Å². The molecule has 0 aromatic heterocycles. The second-order valence-electron chi connectivity index (χ2n) is 7.45. The van der Waals surface area contributed by atoms with Gasteiger partial charge in [0.05, 0.1) is 27.1 Å². The lowest BCUT2D eigenvalue weighted by atomic mass is 10.1. The van der Waals surface area contributed by atoms with Crippen molar-refractivity contribution >= 4 is 17.6 Å². The van der Waals surface area contributed by atoms with Gasteiger partial charge in [-0.1, -0.05) is 42.0 Å². The standard InChI is InChI=1S/C14H20N2O2.C10H12O2/c1-15-7-9-16(10-8-15)13-5-3-12(4-6-13)11-14(17)18-2;1-8-3-5-9(6-4-8)7-10(11)12-2/h3-6H,7-11H2,1-2H3;3-6H,7H2,1-2H3. The fourth-order valence-corrected chi connectivity index (χ4v) is 3.07. The van der Waals surface area contributed by atoms with Crippen LogP contribution in [0.2, 0.25) is 0 Å². The van der Waals surface area contributed by atoms with E-state index in [1.54, 1.807) is 0 Å². The first kappa shape index (κ1) is 23.4. The van der Waals surface area contributed by atoms with E-state index >= 15 is 0 Å². The maximum atomic E-state index is 11.2. The van der Waals surface area contributed by atoms with Gasteiger partial charge in [-0.15, -0.1) is 0 Å². The van der Waals surface area contributed by atoms with E-state index in [2.05, 4.69) is 38.5 Å². The van der Waals surface area contributed by atoms with Crippen LogP contribution in [-0.4, -0.2) is 64.3 Å². The Labute approximate surface area is 179 Å². The zero-order valence-electron chi connectivity index (χ0n) is 18.4. The summed E-state index contributed by atoms with van der Waals surface area (Å²) in [5, 5.41) is 0. The summed E-state index contributed by atoms with van der Waals surface area (Å²) in [4.78, 5) is 26.7. The summed E-state index contributed by atoms with van der Waals surface area (Å²) in [6.07, 6.45) is 0.705. The number of methoxy groups -OCH3 is 2. The fraction of sp³-hybridized carbons (Fsp3) is 0.417. The number of ether oxygens (including phenoxy) is 2. The number of anilines is 1. The van der Waals surface area contributed by atoms with Crippen LogP contribution in [0.3, 0.4) is 0 Å². The van der Waals surface area contributed by atoms with Gasteiger partial charge in [-0.3, -0.25) is 9.59 Å². The lowest BCUT2D eigenvalue weighted by Crippen LogP contribution is -2.44. The van der Waals surface area contributed by atoms with Crippen LogP contribution in [0.5, 0.6) is 0 Å². The van der Waals surface area contributed by atoms with Crippen molar-refractivity contribution in [2.24, 2.45) is 0 Å². The Hall–Kier alpha value is -2.86. The summed E-state index contributed by atoms with van der Waals surface area (Å²) >= 11 is 0. The van der Waals surface area contributed by atoms with E-state index in [1.807, 2.05) is 43.3 Å². The third-order valence-electron chi connectivity index (χ3n) is 5.08. The van der Waals surface area contributed by atoms with Gasteiger partial charge in [-0.2, -0.15) is 0 Å². The van der Waals surface area contributed by atoms with E-state index in [4.69, 9.17) is 0 Å². The minimum Gasteiger partial charge on any atom is -0.469 e. The molecule has 0 N–H and O–H groups in total. The van der Waals surface area contributed by atoms with E-state index in [1.165, 1.54) is 25.5 Å². The largest absolute Gasteiger partial charge is 0.469 e. The zero-order chi connectivity index (χ0) is 21.9. The highest BCUT2D eigenvalue weighted by Crippen LogP contribution is 2.17. The molecule has 0 saturated carbocycles. The Bertz CT molecular complexity index is 795. The van der Waals surface area contributed by atoms with Gasteiger partial charge in [0.15, 0.2) is 0 Å². The number of carbonyl (C=O) groups excluding carboxylic acids is 2. The number of hydrogen-bond donors (Lipinski definition) is 0. The number of hydrogen-bond acceptors (Lipinski definition) is 6. The number of rotatable bonds is 5. The molecule has 6 nitrogen and oxygen atoms in total. The van der Waals surface area contributed by atoms with Crippen molar-refractivity contribution < 1.29 is 19.1 Å². The average molecular weight is 413 g/mol. The normalized spacial score (nSPS) is 13.8. The maximum absolute atomic E-state index is 11.2. The Kier molecular flexibility index (Phi) is 9.35. The quantitative estimate of drug-likeness (QED) is 0.704. The molecule has 0 aliphatic carbocycles. The second-order valence-corrected chi connectivity index (χ2v) is 7.45. The number of piperazine rings is 1. The number of likely N-dealkylation sites (N-methyl/N-ethyl adjacent to an activating group) is 1. The first-order valence-corrected chi connectivity index (χ1v) is 10.1. The molecule has 0 spiro atoms. The molecular formula is C24H32N2O4. The molecular weight excluding hydrogens is 380 g/mol. The number of aryl methyl sites for hydroxylation is 1. The predicted molar refractivity (Wildman–Crippen MR) is 119 cm³/mol. The Morgan fingerprint density at radius 1 is 0.767 bits per heavy atom. The van der Waals surface area contributed by atoms with Crippen molar-refractivity contribution in [2.75, 3.05) is 52.3 Å². The zero-order valence-corrected chi connectivity index (χ0v) is 18.4. The van der Waals surface area contributed by atoms with Crippen LogP contribution in [0.1, 0.15) is 16.7 Å². The van der Waals surface area contributed by atoms with Gasteiger partial charge in [-0.05, 0) is 37.2 Å². The summed E-state index contributed by atoms with van der Waals surface area (Å²) in [7, 11) is 4.97. The van der Waals surface area contributed by atoms with E-state index in [0.717, 1.165) is 37.3 Å². The Morgan fingerprint density at radius 2 is 1.20 bits per heavy atom. The molecule has 30 heavy (non-hydrogen) atoms. The molecule has 0 unspecified atom stereocenters. The third-order valence-corrected chi connectivity index (χ3v) is 5.08. The molecule has 2 aromatic rings. The van der Waals surface area contributed by atoms with Crippen LogP contribution in [0, 0.1) is 6.92 Å². The van der Waals surface area contributed by atoms with E-state index < -0.39 is 0 Å². The highest BCUT2D eigenvalue weighted by Gasteiger charge is 2.14. The highest BCUT2D eigenvalue weighted by molar-refractivity contribution is 5.73. The maximum Gasteiger partial charge on any atom is 0.309 e. The first-order valence-electron chi connectivity index (χ1n) is 10.1. The van der Waals surface area contributed by atoms with Gasteiger partial charge in [0, 0.05) is 31.9 Å². The monoisotopic (exact) mass is 412 g/mol. The lowest BCUT2D eigenvalue weighted by molar-refractivity contribution is -0.140. The molecule has 2 aromatic carbocycles. The van der Waals surface area contributed by atoms with Gasteiger partial charge in [0.25, 0.3) is 0 Å². The topological polar surface area (TPSA) is 59.1 Å². The van der Waals surface area contributed by atoms with E-state index in [9.17, 15) is 9.59 Å². The molecule has 1 aliphatic rings. The van der Waals surface area contributed by atoms with Gasteiger partial charge >= 0.3 is 11.9 Å². The second kappa shape index (κ2) is 12.0. The summed E-state index contributed by atoms with van der Waals surface area (Å²) in [5.41, 5.74) is 4.42. The fourth-order valence-electron chi connectivity index (χ4n) is 3.07. The van der Waals surface area contributed by atoms with Crippen LogP contribution in [0.4, 0.5) is 5.69 Å².